The first-order valence-corrected chi connectivity index (χ1v) is 9.95. The second kappa shape index (κ2) is 10.7. The van der Waals surface area contributed by atoms with Crippen LogP contribution in [0.1, 0.15) is 24.4 Å². The summed E-state index contributed by atoms with van der Waals surface area (Å²) in [4.78, 5) is 6.61. The number of benzene rings is 2. The number of aliphatic imine (C=N–C) groups is 1. The minimum absolute atomic E-state index is 0. The average molecular weight is 536 g/mol. The van der Waals surface area contributed by atoms with Crippen molar-refractivity contribution in [3.05, 3.63) is 78.1 Å². The zero-order valence-corrected chi connectivity index (χ0v) is 19.8. The van der Waals surface area contributed by atoms with Crippen molar-refractivity contribution in [3.63, 3.8) is 0 Å². The molecule has 0 spiro atoms. The number of aromatic nitrogens is 3. The Labute approximate surface area is 198 Å². The van der Waals surface area contributed by atoms with Crippen LogP contribution in [-0.2, 0) is 11.3 Å². The van der Waals surface area contributed by atoms with Crippen LogP contribution < -0.4 is 5.32 Å². The van der Waals surface area contributed by atoms with E-state index >= 15 is 0 Å². The minimum Gasteiger partial charge on any atom is -0.367 e. The van der Waals surface area contributed by atoms with Gasteiger partial charge in [0.05, 0.1) is 19.2 Å². The first-order chi connectivity index (χ1) is 14.6. The molecule has 1 fully saturated rings. The number of ether oxygens (including phenoxy) is 1. The van der Waals surface area contributed by atoms with Crippen LogP contribution >= 0.6 is 24.0 Å². The highest BCUT2D eigenvalue weighted by atomic mass is 127. The molecule has 1 aliphatic heterocycles. The van der Waals surface area contributed by atoms with Crippen molar-refractivity contribution in [2.45, 2.75) is 25.7 Å². The van der Waals surface area contributed by atoms with E-state index < -0.39 is 0 Å². The van der Waals surface area contributed by atoms with Crippen molar-refractivity contribution < 1.29 is 9.13 Å². The van der Waals surface area contributed by atoms with Gasteiger partial charge < -0.3 is 15.0 Å². The lowest BCUT2D eigenvalue weighted by Crippen LogP contribution is -2.50. The third-order valence-electron chi connectivity index (χ3n) is 5.07. The monoisotopic (exact) mass is 536 g/mol. The standard InChI is InChI=1S/C22H25FN6O.HI/c1-16-13-28(14-20(30-16)17-8-10-18(23)11-9-17)22(24-2)25-12-21-27-26-15-29(21)19-6-4-3-5-7-19;/h3-11,15-16,20H,12-14H2,1-2H3,(H,24,25);1H. The second-order valence-corrected chi connectivity index (χ2v) is 7.25. The van der Waals surface area contributed by atoms with Gasteiger partial charge in [-0.1, -0.05) is 30.3 Å². The maximum absolute atomic E-state index is 13.3. The van der Waals surface area contributed by atoms with E-state index in [2.05, 4.69) is 25.4 Å². The van der Waals surface area contributed by atoms with Crippen LogP contribution in [0.4, 0.5) is 4.39 Å². The average Bonchev–Trinajstić information content (AvgIpc) is 3.23. The number of hydrogen-bond acceptors (Lipinski definition) is 4. The van der Waals surface area contributed by atoms with E-state index in [-0.39, 0.29) is 42.0 Å². The van der Waals surface area contributed by atoms with Crippen LogP contribution in [-0.4, -0.2) is 51.9 Å². The second-order valence-electron chi connectivity index (χ2n) is 7.25. The molecule has 0 radical (unpaired) electrons. The summed E-state index contributed by atoms with van der Waals surface area (Å²) >= 11 is 0. The number of morpholine rings is 1. The van der Waals surface area contributed by atoms with Crippen LogP contribution in [0.2, 0.25) is 0 Å². The minimum atomic E-state index is -0.250. The molecule has 0 amide bonds. The van der Waals surface area contributed by atoms with Gasteiger partial charge in [0.1, 0.15) is 18.2 Å². The number of hydrogen-bond donors (Lipinski definition) is 1. The summed E-state index contributed by atoms with van der Waals surface area (Å²) in [5.74, 6) is 1.30. The van der Waals surface area contributed by atoms with Crippen LogP contribution in [0.15, 0.2) is 65.9 Å². The molecular formula is C22H26FIN6O. The van der Waals surface area contributed by atoms with E-state index in [9.17, 15) is 4.39 Å². The van der Waals surface area contributed by atoms with Gasteiger partial charge in [0.2, 0.25) is 0 Å². The van der Waals surface area contributed by atoms with Crippen LogP contribution in [0.25, 0.3) is 5.69 Å². The normalized spacial score (nSPS) is 19.1. The van der Waals surface area contributed by atoms with Gasteiger partial charge in [-0.3, -0.25) is 9.56 Å². The number of guanidine groups is 1. The Morgan fingerprint density at radius 2 is 1.90 bits per heavy atom. The predicted molar refractivity (Wildman–Crippen MR) is 128 cm³/mol. The highest BCUT2D eigenvalue weighted by molar-refractivity contribution is 14.0. The number of nitrogens with one attached hydrogen (secondary N) is 1. The first-order valence-electron chi connectivity index (χ1n) is 9.95. The quantitative estimate of drug-likeness (QED) is 0.314. The van der Waals surface area contributed by atoms with E-state index in [1.807, 2.05) is 41.8 Å². The van der Waals surface area contributed by atoms with E-state index in [1.165, 1.54) is 12.1 Å². The largest absolute Gasteiger partial charge is 0.367 e. The van der Waals surface area contributed by atoms with Gasteiger partial charge in [-0.05, 0) is 36.8 Å². The Morgan fingerprint density at radius 1 is 1.16 bits per heavy atom. The molecule has 1 saturated heterocycles. The maximum atomic E-state index is 13.3. The molecule has 164 valence electrons. The van der Waals surface area contributed by atoms with Crippen molar-refractivity contribution >= 4 is 29.9 Å². The lowest BCUT2D eigenvalue weighted by atomic mass is 10.1. The lowest BCUT2D eigenvalue weighted by molar-refractivity contribution is -0.0605. The Hall–Kier alpha value is -2.53. The Kier molecular flexibility index (Phi) is 7.97. The third kappa shape index (κ3) is 5.59. The van der Waals surface area contributed by atoms with Gasteiger partial charge in [0.15, 0.2) is 11.8 Å². The third-order valence-corrected chi connectivity index (χ3v) is 5.07. The summed E-state index contributed by atoms with van der Waals surface area (Å²) in [7, 11) is 1.76. The van der Waals surface area contributed by atoms with Crippen LogP contribution in [0.5, 0.6) is 0 Å². The number of para-hydroxylation sites is 1. The summed E-state index contributed by atoms with van der Waals surface area (Å²) in [6.07, 6.45) is 1.57. The molecule has 2 aromatic carbocycles. The summed E-state index contributed by atoms with van der Waals surface area (Å²) in [6.45, 7) is 3.85. The molecule has 2 unspecified atom stereocenters. The highest BCUT2D eigenvalue weighted by Crippen LogP contribution is 2.25. The molecular weight excluding hydrogens is 510 g/mol. The van der Waals surface area contributed by atoms with Crippen LogP contribution in [0.3, 0.4) is 0 Å². The molecule has 1 aliphatic rings. The molecule has 0 saturated carbocycles. The number of halogens is 2. The Bertz CT molecular complexity index is 995. The number of rotatable bonds is 4. The van der Waals surface area contributed by atoms with E-state index in [0.29, 0.717) is 19.6 Å². The fourth-order valence-corrected chi connectivity index (χ4v) is 3.66. The van der Waals surface area contributed by atoms with E-state index in [0.717, 1.165) is 23.0 Å². The van der Waals surface area contributed by atoms with Gasteiger partial charge in [-0.2, -0.15) is 0 Å². The molecule has 1 N–H and O–H groups in total. The van der Waals surface area contributed by atoms with Crippen molar-refractivity contribution in [2.24, 2.45) is 4.99 Å². The van der Waals surface area contributed by atoms with E-state index in [4.69, 9.17) is 4.74 Å². The van der Waals surface area contributed by atoms with Crippen molar-refractivity contribution in [2.75, 3.05) is 20.1 Å². The topological polar surface area (TPSA) is 67.6 Å². The lowest BCUT2D eigenvalue weighted by Gasteiger charge is -2.38. The maximum Gasteiger partial charge on any atom is 0.194 e. The Morgan fingerprint density at radius 3 is 2.61 bits per heavy atom. The summed E-state index contributed by atoms with van der Waals surface area (Å²) < 4.78 is 21.3. The number of nitrogens with zero attached hydrogens (tertiary/aromatic N) is 5. The summed E-state index contributed by atoms with van der Waals surface area (Å²) in [5, 5.41) is 11.7. The molecule has 3 aromatic rings. The fraction of sp³-hybridized carbons (Fsp3) is 0.318. The summed E-state index contributed by atoms with van der Waals surface area (Å²) in [6, 6.07) is 16.4. The smallest absolute Gasteiger partial charge is 0.194 e. The zero-order valence-electron chi connectivity index (χ0n) is 17.5. The molecule has 2 heterocycles. The predicted octanol–water partition coefficient (Wildman–Crippen LogP) is 3.56. The zero-order chi connectivity index (χ0) is 20.9. The van der Waals surface area contributed by atoms with Gasteiger partial charge in [-0.25, -0.2) is 4.39 Å². The van der Waals surface area contributed by atoms with Crippen molar-refractivity contribution in [1.29, 1.82) is 0 Å². The van der Waals surface area contributed by atoms with Gasteiger partial charge >= 0.3 is 0 Å². The highest BCUT2D eigenvalue weighted by Gasteiger charge is 2.28. The molecule has 4 rings (SSSR count). The van der Waals surface area contributed by atoms with Gasteiger partial charge in [-0.15, -0.1) is 34.2 Å². The molecule has 2 atom stereocenters. The summed E-state index contributed by atoms with van der Waals surface area (Å²) in [5.41, 5.74) is 1.96. The molecule has 9 heteroatoms. The first kappa shape index (κ1) is 23.1. The molecule has 31 heavy (non-hydrogen) atoms. The van der Waals surface area contributed by atoms with Crippen molar-refractivity contribution in [3.8, 4) is 5.69 Å². The van der Waals surface area contributed by atoms with Gasteiger partial charge in [0, 0.05) is 19.3 Å². The molecule has 7 nitrogen and oxygen atoms in total. The molecule has 0 bridgehead atoms. The van der Waals surface area contributed by atoms with Gasteiger partial charge in [0.25, 0.3) is 0 Å². The van der Waals surface area contributed by atoms with Crippen LogP contribution in [0, 0.1) is 5.82 Å². The van der Waals surface area contributed by atoms with E-state index in [1.54, 1.807) is 25.5 Å². The fourth-order valence-electron chi connectivity index (χ4n) is 3.66. The SMILES string of the molecule is CN=C(NCc1nncn1-c1ccccc1)N1CC(C)OC(c2ccc(F)cc2)C1.I. The molecule has 1 aromatic heterocycles. The Balaban J connectivity index is 0.00000272. The molecule has 0 aliphatic carbocycles. The van der Waals surface area contributed by atoms with Crippen molar-refractivity contribution in [1.82, 2.24) is 25.0 Å².